The highest BCUT2D eigenvalue weighted by atomic mass is 32.2. The Hall–Kier alpha value is -2.62. The van der Waals surface area contributed by atoms with Crippen LogP contribution in [-0.4, -0.2) is 80.5 Å². The van der Waals surface area contributed by atoms with Crippen LogP contribution in [0.25, 0.3) is 5.69 Å². The lowest BCUT2D eigenvalue weighted by molar-refractivity contribution is -0.129. The van der Waals surface area contributed by atoms with Gasteiger partial charge in [-0.1, -0.05) is 23.9 Å². The number of thioether (sulfide) groups is 1. The molecule has 9 nitrogen and oxygen atoms in total. The first-order valence-corrected chi connectivity index (χ1v) is 10.2. The summed E-state index contributed by atoms with van der Waals surface area (Å²) in [6.45, 7) is 8.11. The van der Waals surface area contributed by atoms with E-state index in [1.165, 1.54) is 11.8 Å². The third-order valence-corrected chi connectivity index (χ3v) is 5.42. The third-order valence-electron chi connectivity index (χ3n) is 4.52. The van der Waals surface area contributed by atoms with Crippen molar-refractivity contribution in [2.24, 2.45) is 0 Å². The minimum absolute atomic E-state index is 0.00373. The molecule has 0 N–H and O–H groups in total. The summed E-state index contributed by atoms with van der Waals surface area (Å²) in [5.41, 5.74) is 3.08. The molecule has 2 heterocycles. The van der Waals surface area contributed by atoms with Crippen LogP contribution in [0.4, 0.5) is 4.79 Å². The van der Waals surface area contributed by atoms with E-state index in [-0.39, 0.29) is 17.8 Å². The van der Waals surface area contributed by atoms with Gasteiger partial charge in [-0.2, -0.15) is 4.68 Å². The Morgan fingerprint density at radius 1 is 1.14 bits per heavy atom. The summed E-state index contributed by atoms with van der Waals surface area (Å²) in [5, 5.41) is 12.5. The van der Waals surface area contributed by atoms with E-state index >= 15 is 0 Å². The normalized spacial score (nSPS) is 14.2. The SMILES string of the molecule is CCOC(=O)N1CCN(C(=O)CSc2nnnn2-c2cc(C)ccc2C)CC1. The van der Waals surface area contributed by atoms with Gasteiger partial charge in [0.15, 0.2) is 0 Å². The van der Waals surface area contributed by atoms with E-state index < -0.39 is 0 Å². The van der Waals surface area contributed by atoms with Crippen LogP contribution in [0, 0.1) is 13.8 Å². The Balaban J connectivity index is 1.57. The van der Waals surface area contributed by atoms with Crippen LogP contribution in [0.1, 0.15) is 18.1 Å². The number of aromatic nitrogens is 4. The van der Waals surface area contributed by atoms with Crippen LogP contribution in [0.15, 0.2) is 23.4 Å². The standard InChI is InChI=1S/C18H24N6O3S/c1-4-27-18(26)23-9-7-22(8-10-23)16(25)12-28-17-19-20-21-24(17)15-11-13(2)5-6-14(15)3/h5-6,11H,4,7-10,12H2,1-3H3. The van der Waals surface area contributed by atoms with Crippen molar-refractivity contribution in [3.05, 3.63) is 29.3 Å². The van der Waals surface area contributed by atoms with Crippen molar-refractivity contribution >= 4 is 23.8 Å². The van der Waals surface area contributed by atoms with E-state index in [1.54, 1.807) is 21.4 Å². The molecule has 0 atom stereocenters. The molecule has 2 aromatic rings. The van der Waals surface area contributed by atoms with Gasteiger partial charge in [0.2, 0.25) is 11.1 Å². The van der Waals surface area contributed by atoms with Gasteiger partial charge in [-0.05, 0) is 48.4 Å². The molecule has 1 aromatic heterocycles. The summed E-state index contributed by atoms with van der Waals surface area (Å²) in [5.74, 6) is 0.244. The second kappa shape index (κ2) is 9.05. The molecule has 1 saturated heterocycles. The maximum Gasteiger partial charge on any atom is 0.409 e. The molecule has 1 fully saturated rings. The zero-order valence-electron chi connectivity index (χ0n) is 16.3. The van der Waals surface area contributed by atoms with Gasteiger partial charge in [-0.3, -0.25) is 4.79 Å². The minimum Gasteiger partial charge on any atom is -0.450 e. The van der Waals surface area contributed by atoms with Crippen molar-refractivity contribution in [3.8, 4) is 5.69 Å². The second-order valence-corrected chi connectivity index (χ2v) is 7.46. The van der Waals surface area contributed by atoms with Gasteiger partial charge in [0.1, 0.15) is 0 Å². The number of tetrazole rings is 1. The van der Waals surface area contributed by atoms with Gasteiger partial charge >= 0.3 is 6.09 Å². The molecule has 1 aliphatic heterocycles. The van der Waals surface area contributed by atoms with Crippen molar-refractivity contribution in [1.82, 2.24) is 30.0 Å². The lowest BCUT2D eigenvalue weighted by atomic mass is 10.1. The predicted molar refractivity (Wildman–Crippen MR) is 105 cm³/mol. The van der Waals surface area contributed by atoms with Gasteiger partial charge in [-0.15, -0.1) is 5.10 Å². The first-order chi connectivity index (χ1) is 13.5. The van der Waals surface area contributed by atoms with Crippen molar-refractivity contribution in [1.29, 1.82) is 0 Å². The van der Waals surface area contributed by atoms with Gasteiger partial charge in [0.05, 0.1) is 18.0 Å². The minimum atomic E-state index is -0.323. The van der Waals surface area contributed by atoms with Crippen LogP contribution in [0.3, 0.4) is 0 Å². The Morgan fingerprint density at radius 2 is 1.86 bits per heavy atom. The number of rotatable bonds is 5. The fraction of sp³-hybridized carbons (Fsp3) is 0.500. The zero-order valence-corrected chi connectivity index (χ0v) is 17.1. The molecular formula is C18H24N6O3S. The number of hydrogen-bond donors (Lipinski definition) is 0. The molecule has 1 aliphatic rings. The average molecular weight is 404 g/mol. The molecule has 0 radical (unpaired) electrons. The van der Waals surface area contributed by atoms with Crippen LogP contribution >= 0.6 is 11.8 Å². The number of carbonyl (C=O) groups is 2. The Kier molecular flexibility index (Phi) is 6.50. The monoisotopic (exact) mass is 404 g/mol. The first-order valence-electron chi connectivity index (χ1n) is 9.18. The third kappa shape index (κ3) is 4.61. The molecule has 3 rings (SSSR count). The van der Waals surface area contributed by atoms with Crippen molar-refractivity contribution < 1.29 is 14.3 Å². The largest absolute Gasteiger partial charge is 0.450 e. The molecule has 1 aromatic carbocycles. The van der Waals surface area contributed by atoms with E-state index in [2.05, 4.69) is 15.5 Å². The molecule has 0 spiro atoms. The summed E-state index contributed by atoms with van der Waals surface area (Å²) in [7, 11) is 0. The number of nitrogens with zero attached hydrogens (tertiary/aromatic N) is 6. The van der Waals surface area contributed by atoms with E-state index in [0.29, 0.717) is 37.9 Å². The lowest BCUT2D eigenvalue weighted by Crippen LogP contribution is -2.51. The van der Waals surface area contributed by atoms with Gasteiger partial charge in [-0.25, -0.2) is 4.79 Å². The number of amides is 2. The van der Waals surface area contributed by atoms with Crippen molar-refractivity contribution in [2.75, 3.05) is 38.5 Å². The van der Waals surface area contributed by atoms with Crippen LogP contribution < -0.4 is 0 Å². The summed E-state index contributed by atoms with van der Waals surface area (Å²) in [6, 6.07) is 6.08. The Labute approximate surface area is 168 Å². The zero-order chi connectivity index (χ0) is 20.1. The van der Waals surface area contributed by atoms with Crippen molar-refractivity contribution in [3.63, 3.8) is 0 Å². The molecule has 10 heteroatoms. The van der Waals surface area contributed by atoms with Gasteiger partial charge in [0.25, 0.3) is 0 Å². The highest BCUT2D eigenvalue weighted by molar-refractivity contribution is 7.99. The van der Waals surface area contributed by atoms with Crippen molar-refractivity contribution in [2.45, 2.75) is 25.9 Å². The number of ether oxygens (including phenoxy) is 1. The van der Waals surface area contributed by atoms with Crippen LogP contribution in [0.5, 0.6) is 0 Å². The number of benzene rings is 1. The second-order valence-electron chi connectivity index (χ2n) is 6.52. The van der Waals surface area contributed by atoms with E-state index in [1.807, 2.05) is 32.0 Å². The lowest BCUT2D eigenvalue weighted by Gasteiger charge is -2.34. The molecule has 0 aliphatic carbocycles. The molecule has 150 valence electrons. The quantitative estimate of drug-likeness (QED) is 0.700. The van der Waals surface area contributed by atoms with Gasteiger partial charge in [0, 0.05) is 26.2 Å². The van der Waals surface area contributed by atoms with Gasteiger partial charge < -0.3 is 14.5 Å². The van der Waals surface area contributed by atoms with Crippen LogP contribution in [-0.2, 0) is 9.53 Å². The summed E-state index contributed by atoms with van der Waals surface area (Å²) >= 11 is 1.31. The molecule has 2 amide bonds. The molecule has 0 saturated carbocycles. The van der Waals surface area contributed by atoms with E-state index in [4.69, 9.17) is 4.74 Å². The summed E-state index contributed by atoms with van der Waals surface area (Å²) in [6.07, 6.45) is -0.323. The fourth-order valence-electron chi connectivity index (χ4n) is 2.94. The molecule has 0 bridgehead atoms. The number of piperazine rings is 1. The summed E-state index contributed by atoms with van der Waals surface area (Å²) < 4.78 is 6.67. The topological polar surface area (TPSA) is 93.4 Å². The molecular weight excluding hydrogens is 380 g/mol. The molecule has 0 unspecified atom stereocenters. The van der Waals surface area contributed by atoms with E-state index in [0.717, 1.165) is 16.8 Å². The van der Waals surface area contributed by atoms with E-state index in [9.17, 15) is 9.59 Å². The van der Waals surface area contributed by atoms with Crippen LogP contribution in [0.2, 0.25) is 0 Å². The molecule has 28 heavy (non-hydrogen) atoms. The number of hydrogen-bond acceptors (Lipinski definition) is 7. The maximum absolute atomic E-state index is 12.6. The average Bonchev–Trinajstić information content (AvgIpc) is 3.16. The summed E-state index contributed by atoms with van der Waals surface area (Å²) in [4.78, 5) is 27.7. The maximum atomic E-state index is 12.6. The Bertz CT molecular complexity index is 848. The first kappa shape index (κ1) is 20.1. The smallest absolute Gasteiger partial charge is 0.409 e. The predicted octanol–water partition coefficient (Wildman–Crippen LogP) is 1.67. The number of aryl methyl sites for hydroxylation is 2. The Morgan fingerprint density at radius 3 is 2.57 bits per heavy atom. The highest BCUT2D eigenvalue weighted by Crippen LogP contribution is 2.22. The fourth-order valence-corrected chi connectivity index (χ4v) is 3.73. The number of carbonyl (C=O) groups excluding carboxylic acids is 2. The highest BCUT2D eigenvalue weighted by Gasteiger charge is 2.25.